The molecule has 1 amide bonds. The Labute approximate surface area is 108 Å². The van der Waals surface area contributed by atoms with Crippen molar-refractivity contribution in [2.45, 2.75) is 38.6 Å². The van der Waals surface area contributed by atoms with E-state index in [-0.39, 0.29) is 11.4 Å². The monoisotopic (exact) mass is 250 g/mol. The smallest absolute Gasteiger partial charge is 0.255 e. The molecule has 0 atom stereocenters. The molecule has 1 aromatic rings. The molecule has 0 bridgehead atoms. The highest BCUT2D eigenvalue weighted by molar-refractivity contribution is 5.96. The first-order valence-corrected chi connectivity index (χ1v) is 6.43. The number of rotatable bonds is 4. The zero-order valence-corrected chi connectivity index (χ0v) is 11.6. The predicted octanol–water partition coefficient (Wildman–Crippen LogP) is 1.24. The second-order valence-electron chi connectivity index (χ2n) is 5.46. The van der Waals surface area contributed by atoms with Crippen molar-refractivity contribution in [2.75, 3.05) is 20.6 Å². The molecule has 100 valence electrons. The summed E-state index contributed by atoms with van der Waals surface area (Å²) in [6.45, 7) is 4.44. The molecule has 1 aromatic heterocycles. The van der Waals surface area contributed by atoms with Crippen molar-refractivity contribution in [3.05, 3.63) is 17.0 Å². The number of nitrogens with zero attached hydrogens (tertiary/aromatic N) is 2. The molecule has 5 nitrogen and oxygen atoms in total. The molecule has 0 radical (unpaired) electrons. The molecule has 0 spiro atoms. The lowest BCUT2D eigenvalue weighted by atomic mass is 9.75. The van der Waals surface area contributed by atoms with Gasteiger partial charge in [0.15, 0.2) is 0 Å². The number of hydrogen-bond acceptors (Lipinski definition) is 3. The first-order chi connectivity index (χ1) is 8.46. The van der Waals surface area contributed by atoms with E-state index in [1.807, 2.05) is 13.8 Å². The summed E-state index contributed by atoms with van der Waals surface area (Å²) < 4.78 is 0. The number of nitrogens with one attached hydrogen (secondary N) is 2. The second-order valence-corrected chi connectivity index (χ2v) is 5.46. The van der Waals surface area contributed by atoms with Crippen LogP contribution in [0, 0.1) is 13.8 Å². The topological polar surface area (TPSA) is 61.0 Å². The Balaban J connectivity index is 2.01. The van der Waals surface area contributed by atoms with Gasteiger partial charge in [-0.15, -0.1) is 0 Å². The Morgan fingerprint density at radius 3 is 2.50 bits per heavy atom. The van der Waals surface area contributed by atoms with Crippen LogP contribution < -0.4 is 5.32 Å². The van der Waals surface area contributed by atoms with Crippen molar-refractivity contribution in [1.82, 2.24) is 20.4 Å². The average molecular weight is 250 g/mol. The lowest BCUT2D eigenvalue weighted by Crippen LogP contribution is -2.57. The van der Waals surface area contributed by atoms with E-state index in [2.05, 4.69) is 34.5 Å². The van der Waals surface area contributed by atoms with E-state index >= 15 is 0 Å². The van der Waals surface area contributed by atoms with Crippen LogP contribution in [0.1, 0.15) is 41.0 Å². The Hall–Kier alpha value is -1.36. The van der Waals surface area contributed by atoms with Crippen LogP contribution in [0.5, 0.6) is 0 Å². The summed E-state index contributed by atoms with van der Waals surface area (Å²) in [5.41, 5.74) is 2.43. The number of aromatic nitrogens is 2. The molecule has 1 saturated carbocycles. The fourth-order valence-electron chi connectivity index (χ4n) is 2.59. The summed E-state index contributed by atoms with van der Waals surface area (Å²) in [6.07, 6.45) is 3.56. The number of carbonyl (C=O) groups excluding carboxylic acids is 1. The average Bonchev–Trinajstić information content (AvgIpc) is 2.56. The highest BCUT2D eigenvalue weighted by atomic mass is 16.1. The van der Waals surface area contributed by atoms with Crippen LogP contribution in [0.25, 0.3) is 0 Å². The number of aryl methyl sites for hydroxylation is 2. The third-order valence-electron chi connectivity index (χ3n) is 4.17. The quantitative estimate of drug-likeness (QED) is 0.845. The third kappa shape index (κ3) is 2.14. The van der Waals surface area contributed by atoms with Crippen molar-refractivity contribution in [3.63, 3.8) is 0 Å². The largest absolute Gasteiger partial charge is 0.350 e. The maximum atomic E-state index is 12.2. The molecule has 2 N–H and O–H groups in total. The van der Waals surface area contributed by atoms with Crippen LogP contribution >= 0.6 is 0 Å². The fourth-order valence-corrected chi connectivity index (χ4v) is 2.59. The Morgan fingerprint density at radius 1 is 1.44 bits per heavy atom. The molecule has 0 unspecified atom stereocenters. The van der Waals surface area contributed by atoms with Crippen molar-refractivity contribution < 1.29 is 4.79 Å². The minimum absolute atomic E-state index is 0.0214. The van der Waals surface area contributed by atoms with E-state index in [9.17, 15) is 4.79 Å². The summed E-state index contributed by atoms with van der Waals surface area (Å²) in [5.74, 6) is -0.0214. The number of hydrogen-bond donors (Lipinski definition) is 2. The van der Waals surface area contributed by atoms with Crippen molar-refractivity contribution >= 4 is 5.91 Å². The van der Waals surface area contributed by atoms with Gasteiger partial charge in [0.2, 0.25) is 0 Å². The van der Waals surface area contributed by atoms with Gasteiger partial charge in [-0.25, -0.2) is 0 Å². The summed E-state index contributed by atoms with van der Waals surface area (Å²) in [7, 11) is 4.17. The van der Waals surface area contributed by atoms with Crippen molar-refractivity contribution in [3.8, 4) is 0 Å². The van der Waals surface area contributed by atoms with Gasteiger partial charge in [0.05, 0.1) is 11.3 Å². The van der Waals surface area contributed by atoms with E-state index in [0.717, 1.165) is 24.2 Å². The fraction of sp³-hybridized carbons (Fsp3) is 0.692. The first-order valence-electron chi connectivity index (χ1n) is 6.43. The Kier molecular flexibility index (Phi) is 3.43. The van der Waals surface area contributed by atoms with E-state index in [1.54, 1.807) is 0 Å². The molecular weight excluding hydrogens is 228 g/mol. The van der Waals surface area contributed by atoms with Gasteiger partial charge < -0.3 is 10.2 Å². The molecule has 2 rings (SSSR count). The van der Waals surface area contributed by atoms with Crippen LogP contribution in [0.4, 0.5) is 0 Å². The highest BCUT2D eigenvalue weighted by Gasteiger charge is 2.39. The molecule has 0 aromatic carbocycles. The minimum atomic E-state index is -0.0214. The van der Waals surface area contributed by atoms with E-state index < -0.39 is 0 Å². The summed E-state index contributed by atoms with van der Waals surface area (Å²) in [5, 5.41) is 9.95. The van der Waals surface area contributed by atoms with Crippen molar-refractivity contribution in [1.29, 1.82) is 0 Å². The zero-order chi connectivity index (χ0) is 13.3. The van der Waals surface area contributed by atoms with E-state index in [4.69, 9.17) is 0 Å². The van der Waals surface area contributed by atoms with Gasteiger partial charge in [-0.05, 0) is 47.2 Å². The predicted molar refractivity (Wildman–Crippen MR) is 70.7 cm³/mol. The molecule has 1 heterocycles. The summed E-state index contributed by atoms with van der Waals surface area (Å²) >= 11 is 0. The highest BCUT2D eigenvalue weighted by Crippen LogP contribution is 2.35. The second kappa shape index (κ2) is 4.72. The number of likely N-dealkylation sites (N-methyl/N-ethyl adjacent to an activating group) is 1. The van der Waals surface area contributed by atoms with E-state index in [0.29, 0.717) is 12.1 Å². The van der Waals surface area contributed by atoms with Gasteiger partial charge >= 0.3 is 0 Å². The van der Waals surface area contributed by atoms with Gasteiger partial charge in [0.1, 0.15) is 0 Å². The van der Waals surface area contributed by atoms with Gasteiger partial charge in [0.25, 0.3) is 5.91 Å². The zero-order valence-electron chi connectivity index (χ0n) is 11.6. The number of carbonyl (C=O) groups is 1. The minimum Gasteiger partial charge on any atom is -0.350 e. The maximum Gasteiger partial charge on any atom is 0.255 e. The standard InChI is InChI=1S/C13H22N4O/c1-9-11(10(2)16-15-9)12(18)14-8-13(17(3)4)6-5-7-13/h5-8H2,1-4H3,(H,14,18)(H,15,16). The van der Waals surface area contributed by atoms with Crippen LogP contribution in [-0.2, 0) is 0 Å². The SMILES string of the molecule is Cc1n[nH]c(C)c1C(=O)NCC1(N(C)C)CCC1. The number of H-pyrrole nitrogens is 1. The van der Waals surface area contributed by atoms with Crippen LogP contribution in [0.2, 0.25) is 0 Å². The lowest BCUT2D eigenvalue weighted by Gasteiger charge is -2.47. The number of aromatic amines is 1. The molecule has 1 aliphatic rings. The Bertz CT molecular complexity index is 426. The molecule has 1 fully saturated rings. The molecule has 18 heavy (non-hydrogen) atoms. The Morgan fingerprint density at radius 2 is 2.11 bits per heavy atom. The van der Waals surface area contributed by atoms with Crippen molar-refractivity contribution in [2.24, 2.45) is 0 Å². The molecular formula is C13H22N4O. The van der Waals surface area contributed by atoms with Crippen LogP contribution in [0.3, 0.4) is 0 Å². The van der Waals surface area contributed by atoms with E-state index in [1.165, 1.54) is 6.42 Å². The van der Waals surface area contributed by atoms with Crippen LogP contribution in [0.15, 0.2) is 0 Å². The van der Waals surface area contributed by atoms with Gasteiger partial charge in [-0.1, -0.05) is 0 Å². The lowest BCUT2D eigenvalue weighted by molar-refractivity contribution is 0.0557. The molecule has 0 saturated heterocycles. The van der Waals surface area contributed by atoms with Gasteiger partial charge in [-0.3, -0.25) is 9.89 Å². The van der Waals surface area contributed by atoms with Gasteiger partial charge in [0, 0.05) is 17.8 Å². The first kappa shape index (κ1) is 13.1. The normalized spacial score (nSPS) is 17.6. The van der Waals surface area contributed by atoms with Gasteiger partial charge in [-0.2, -0.15) is 5.10 Å². The number of amides is 1. The third-order valence-corrected chi connectivity index (χ3v) is 4.17. The summed E-state index contributed by atoms with van der Waals surface area (Å²) in [4.78, 5) is 14.4. The molecule has 1 aliphatic carbocycles. The summed E-state index contributed by atoms with van der Waals surface area (Å²) in [6, 6.07) is 0. The maximum absolute atomic E-state index is 12.2. The van der Waals surface area contributed by atoms with Crippen LogP contribution in [-0.4, -0.2) is 47.2 Å². The molecule has 0 aliphatic heterocycles. The molecule has 5 heteroatoms.